The number of carbonyl (C=O) groups is 1. The monoisotopic (exact) mass is 353 g/mol. The van der Waals surface area contributed by atoms with Crippen molar-refractivity contribution in [3.05, 3.63) is 51.8 Å². The minimum absolute atomic E-state index is 0.167. The lowest BCUT2D eigenvalue weighted by molar-refractivity contribution is 0.102. The molecule has 1 N–H and O–H groups in total. The summed E-state index contributed by atoms with van der Waals surface area (Å²) in [5.41, 5.74) is 4.57. The van der Waals surface area contributed by atoms with Crippen molar-refractivity contribution in [1.82, 2.24) is 9.78 Å². The van der Waals surface area contributed by atoms with Crippen molar-refractivity contribution in [3.8, 4) is 17.0 Å². The summed E-state index contributed by atoms with van der Waals surface area (Å²) in [5.74, 6) is 0.625. The number of nitrogens with zero attached hydrogens (tertiary/aromatic N) is 2. The van der Waals surface area contributed by atoms with Gasteiger partial charge in [-0.1, -0.05) is 0 Å². The van der Waals surface area contributed by atoms with Crippen molar-refractivity contribution in [2.45, 2.75) is 19.8 Å². The van der Waals surface area contributed by atoms with E-state index in [0.29, 0.717) is 12.3 Å². The molecule has 25 heavy (non-hydrogen) atoms. The molecule has 1 amide bonds. The Labute approximate surface area is 150 Å². The standard InChI is InChI=1S/C19H19N3O2S/c1-3-24-13-6-4-12(5-7-13)20-19(23)17-15-8-9-16-14(10-11-25-16)18(15)22(2)21-17/h4-7,10-11H,3,8-9H2,1-2H3,(H,20,23). The van der Waals surface area contributed by atoms with Gasteiger partial charge in [-0.25, -0.2) is 0 Å². The van der Waals surface area contributed by atoms with Crippen LogP contribution in [0.1, 0.15) is 27.9 Å². The van der Waals surface area contributed by atoms with E-state index < -0.39 is 0 Å². The van der Waals surface area contributed by atoms with E-state index >= 15 is 0 Å². The molecule has 4 rings (SSSR count). The molecule has 2 aromatic heterocycles. The molecule has 5 nitrogen and oxygen atoms in total. The SMILES string of the molecule is CCOc1ccc(NC(=O)c2nn(C)c3c2CCc2sccc2-3)cc1. The van der Waals surface area contributed by atoms with Gasteiger partial charge in [0.2, 0.25) is 0 Å². The fourth-order valence-electron chi connectivity index (χ4n) is 3.30. The third-order valence-corrected chi connectivity index (χ3v) is 5.37. The molecule has 6 heteroatoms. The van der Waals surface area contributed by atoms with Gasteiger partial charge in [-0.3, -0.25) is 9.48 Å². The van der Waals surface area contributed by atoms with E-state index in [1.807, 2.05) is 42.9 Å². The third kappa shape index (κ3) is 2.82. The van der Waals surface area contributed by atoms with E-state index in [0.717, 1.165) is 35.5 Å². The summed E-state index contributed by atoms with van der Waals surface area (Å²) in [7, 11) is 1.90. The molecule has 0 aliphatic heterocycles. The Morgan fingerprint density at radius 1 is 1.28 bits per heavy atom. The quantitative estimate of drug-likeness (QED) is 0.774. The second-order valence-electron chi connectivity index (χ2n) is 5.97. The number of nitrogens with one attached hydrogen (secondary N) is 1. The Hall–Kier alpha value is -2.60. The highest BCUT2D eigenvalue weighted by molar-refractivity contribution is 7.10. The van der Waals surface area contributed by atoms with Crippen LogP contribution in [0.5, 0.6) is 5.75 Å². The molecule has 1 aliphatic carbocycles. The summed E-state index contributed by atoms with van der Waals surface area (Å²) in [6.45, 7) is 2.56. The van der Waals surface area contributed by atoms with Gasteiger partial charge in [-0.05, 0) is 55.5 Å². The Balaban J connectivity index is 1.61. The molecule has 0 atom stereocenters. The van der Waals surface area contributed by atoms with Gasteiger partial charge in [0, 0.05) is 28.7 Å². The van der Waals surface area contributed by atoms with Crippen LogP contribution in [0, 0.1) is 0 Å². The van der Waals surface area contributed by atoms with Crippen molar-refractivity contribution in [2.75, 3.05) is 11.9 Å². The number of thiophene rings is 1. The van der Waals surface area contributed by atoms with E-state index in [-0.39, 0.29) is 5.91 Å². The summed E-state index contributed by atoms with van der Waals surface area (Å²) in [4.78, 5) is 14.1. The molecule has 0 unspecified atom stereocenters. The van der Waals surface area contributed by atoms with Crippen LogP contribution in [0.4, 0.5) is 5.69 Å². The van der Waals surface area contributed by atoms with Gasteiger partial charge in [-0.2, -0.15) is 5.10 Å². The van der Waals surface area contributed by atoms with E-state index in [4.69, 9.17) is 4.74 Å². The van der Waals surface area contributed by atoms with Crippen molar-refractivity contribution in [1.29, 1.82) is 0 Å². The number of aryl methyl sites for hydroxylation is 2. The summed E-state index contributed by atoms with van der Waals surface area (Å²) < 4.78 is 7.25. The maximum absolute atomic E-state index is 12.7. The van der Waals surface area contributed by atoms with E-state index in [1.165, 1.54) is 10.4 Å². The lowest BCUT2D eigenvalue weighted by Gasteiger charge is -2.13. The first-order valence-corrected chi connectivity index (χ1v) is 9.22. The third-order valence-electron chi connectivity index (χ3n) is 4.39. The average Bonchev–Trinajstić information content (AvgIpc) is 3.21. The first kappa shape index (κ1) is 15.9. The van der Waals surface area contributed by atoms with Gasteiger partial charge in [0.1, 0.15) is 5.75 Å². The van der Waals surface area contributed by atoms with Gasteiger partial charge >= 0.3 is 0 Å². The summed E-state index contributed by atoms with van der Waals surface area (Å²) in [6.07, 6.45) is 1.82. The Bertz CT molecular complexity index is 925. The molecule has 2 heterocycles. The molecular formula is C19H19N3O2S. The molecule has 0 radical (unpaired) electrons. The zero-order valence-electron chi connectivity index (χ0n) is 14.2. The van der Waals surface area contributed by atoms with Crippen molar-refractivity contribution in [3.63, 3.8) is 0 Å². The highest BCUT2D eigenvalue weighted by Crippen LogP contribution is 2.37. The molecule has 0 fully saturated rings. The Kier molecular flexibility index (Phi) is 4.05. The largest absolute Gasteiger partial charge is 0.494 e. The van der Waals surface area contributed by atoms with Crippen LogP contribution in [0.3, 0.4) is 0 Å². The van der Waals surface area contributed by atoms with E-state index in [2.05, 4.69) is 21.9 Å². The Morgan fingerprint density at radius 3 is 2.84 bits per heavy atom. The van der Waals surface area contributed by atoms with Crippen LogP contribution < -0.4 is 10.1 Å². The number of fused-ring (bicyclic) bond motifs is 3. The first-order chi connectivity index (χ1) is 12.2. The lowest BCUT2D eigenvalue weighted by Crippen LogP contribution is -2.15. The molecular weight excluding hydrogens is 334 g/mol. The smallest absolute Gasteiger partial charge is 0.276 e. The van der Waals surface area contributed by atoms with Crippen LogP contribution in [0.15, 0.2) is 35.7 Å². The summed E-state index contributed by atoms with van der Waals surface area (Å²) in [6, 6.07) is 9.51. The van der Waals surface area contributed by atoms with Crippen molar-refractivity contribution < 1.29 is 9.53 Å². The highest BCUT2D eigenvalue weighted by atomic mass is 32.1. The molecule has 1 aromatic carbocycles. The maximum Gasteiger partial charge on any atom is 0.276 e. The molecule has 0 saturated carbocycles. The molecule has 3 aromatic rings. The minimum atomic E-state index is -0.167. The fraction of sp³-hybridized carbons (Fsp3) is 0.263. The number of benzene rings is 1. The average molecular weight is 353 g/mol. The van der Waals surface area contributed by atoms with E-state index in [1.54, 1.807) is 11.3 Å². The zero-order valence-corrected chi connectivity index (χ0v) is 15.0. The number of ether oxygens (including phenoxy) is 1. The number of aromatic nitrogens is 2. The number of anilines is 1. The van der Waals surface area contributed by atoms with Crippen molar-refractivity contribution in [2.24, 2.45) is 7.05 Å². The summed E-state index contributed by atoms with van der Waals surface area (Å²) >= 11 is 1.77. The number of rotatable bonds is 4. The highest BCUT2D eigenvalue weighted by Gasteiger charge is 2.27. The van der Waals surface area contributed by atoms with Crippen LogP contribution >= 0.6 is 11.3 Å². The van der Waals surface area contributed by atoms with Gasteiger partial charge in [0.05, 0.1) is 12.3 Å². The molecule has 128 valence electrons. The molecule has 1 aliphatic rings. The van der Waals surface area contributed by atoms with Crippen LogP contribution in [-0.4, -0.2) is 22.3 Å². The van der Waals surface area contributed by atoms with Gasteiger partial charge < -0.3 is 10.1 Å². The molecule has 0 saturated heterocycles. The first-order valence-electron chi connectivity index (χ1n) is 8.34. The van der Waals surface area contributed by atoms with Crippen LogP contribution in [0.2, 0.25) is 0 Å². The second kappa shape index (κ2) is 6.37. The number of hydrogen-bond acceptors (Lipinski definition) is 4. The van der Waals surface area contributed by atoms with Crippen LogP contribution in [0.25, 0.3) is 11.3 Å². The zero-order chi connectivity index (χ0) is 17.4. The van der Waals surface area contributed by atoms with Gasteiger partial charge in [0.25, 0.3) is 5.91 Å². The number of carbonyl (C=O) groups excluding carboxylic acids is 1. The number of amides is 1. The summed E-state index contributed by atoms with van der Waals surface area (Å²) in [5, 5.41) is 9.54. The number of hydrogen-bond donors (Lipinski definition) is 1. The topological polar surface area (TPSA) is 56.1 Å². The van der Waals surface area contributed by atoms with E-state index in [9.17, 15) is 4.79 Å². The maximum atomic E-state index is 12.7. The minimum Gasteiger partial charge on any atom is -0.494 e. The fourth-order valence-corrected chi connectivity index (χ4v) is 4.18. The normalized spacial score (nSPS) is 12.4. The van der Waals surface area contributed by atoms with Gasteiger partial charge in [0.15, 0.2) is 5.69 Å². The van der Waals surface area contributed by atoms with Gasteiger partial charge in [-0.15, -0.1) is 11.3 Å². The molecule has 0 bridgehead atoms. The second-order valence-corrected chi connectivity index (χ2v) is 6.97. The van der Waals surface area contributed by atoms with Crippen LogP contribution in [-0.2, 0) is 19.9 Å². The lowest BCUT2D eigenvalue weighted by atomic mass is 9.94. The predicted octanol–water partition coefficient (Wildman–Crippen LogP) is 3.90. The van der Waals surface area contributed by atoms with Crippen molar-refractivity contribution >= 4 is 22.9 Å². The molecule has 0 spiro atoms. The Morgan fingerprint density at radius 2 is 2.08 bits per heavy atom. The predicted molar refractivity (Wildman–Crippen MR) is 99.5 cm³/mol.